The second-order valence-corrected chi connectivity index (χ2v) is 2.80. The predicted octanol–water partition coefficient (Wildman–Crippen LogP) is 1.48. The van der Waals surface area contributed by atoms with E-state index in [1.807, 2.05) is 0 Å². The largest absolute Gasteiger partial charge is 0.468 e. The van der Waals surface area contributed by atoms with Gasteiger partial charge in [-0.05, 0) is 6.42 Å². The SMILES string of the molecule is CC[C@@H](NCCC(F)(F)F)C(=O)OC. The van der Waals surface area contributed by atoms with Gasteiger partial charge in [-0.1, -0.05) is 6.92 Å². The lowest BCUT2D eigenvalue weighted by Gasteiger charge is -2.14. The van der Waals surface area contributed by atoms with Crippen LogP contribution in [0.1, 0.15) is 19.8 Å². The quantitative estimate of drug-likeness (QED) is 0.703. The van der Waals surface area contributed by atoms with Crippen LogP contribution in [0, 0.1) is 0 Å². The molecule has 0 aromatic heterocycles. The van der Waals surface area contributed by atoms with Gasteiger partial charge in [0.1, 0.15) is 6.04 Å². The van der Waals surface area contributed by atoms with Crippen molar-refractivity contribution in [2.45, 2.75) is 32.0 Å². The van der Waals surface area contributed by atoms with Crippen LogP contribution in [-0.2, 0) is 9.53 Å². The third-order valence-electron chi connectivity index (χ3n) is 1.69. The Labute approximate surface area is 80.6 Å². The highest BCUT2D eigenvalue weighted by molar-refractivity contribution is 5.75. The van der Waals surface area contributed by atoms with Crippen molar-refractivity contribution in [2.24, 2.45) is 0 Å². The smallest absolute Gasteiger partial charge is 0.390 e. The van der Waals surface area contributed by atoms with Gasteiger partial charge < -0.3 is 10.1 Å². The van der Waals surface area contributed by atoms with E-state index in [1.54, 1.807) is 6.92 Å². The number of rotatable bonds is 5. The molecule has 1 atom stereocenters. The van der Waals surface area contributed by atoms with Crippen molar-refractivity contribution in [2.75, 3.05) is 13.7 Å². The Hall–Kier alpha value is -0.780. The van der Waals surface area contributed by atoms with Crippen LogP contribution in [0.5, 0.6) is 0 Å². The molecule has 0 saturated heterocycles. The molecule has 6 heteroatoms. The number of esters is 1. The lowest BCUT2D eigenvalue weighted by Crippen LogP contribution is -2.38. The highest BCUT2D eigenvalue weighted by Crippen LogP contribution is 2.18. The maximum absolute atomic E-state index is 11.7. The minimum atomic E-state index is -4.19. The lowest BCUT2D eigenvalue weighted by molar-refractivity contribution is -0.145. The number of alkyl halides is 3. The van der Waals surface area contributed by atoms with Crippen molar-refractivity contribution in [1.82, 2.24) is 5.32 Å². The molecule has 0 aromatic carbocycles. The van der Waals surface area contributed by atoms with E-state index in [9.17, 15) is 18.0 Å². The first kappa shape index (κ1) is 13.2. The Morgan fingerprint density at radius 2 is 2.07 bits per heavy atom. The molecule has 0 fully saturated rings. The Bertz CT molecular complexity index is 182. The Morgan fingerprint density at radius 1 is 1.50 bits per heavy atom. The maximum Gasteiger partial charge on any atom is 0.390 e. The minimum absolute atomic E-state index is 0.267. The first-order chi connectivity index (χ1) is 6.40. The molecule has 0 radical (unpaired) electrons. The zero-order chi connectivity index (χ0) is 11.2. The fourth-order valence-corrected chi connectivity index (χ4v) is 0.925. The molecule has 84 valence electrons. The molecule has 0 unspecified atom stereocenters. The summed E-state index contributed by atoms with van der Waals surface area (Å²) in [4.78, 5) is 10.9. The molecule has 0 heterocycles. The minimum Gasteiger partial charge on any atom is -0.468 e. The zero-order valence-corrected chi connectivity index (χ0v) is 8.15. The molecule has 14 heavy (non-hydrogen) atoms. The average Bonchev–Trinajstić information content (AvgIpc) is 2.09. The van der Waals surface area contributed by atoms with Crippen LogP contribution in [0.4, 0.5) is 13.2 Å². The summed E-state index contributed by atoms with van der Waals surface area (Å²) in [6.45, 7) is 1.43. The van der Waals surface area contributed by atoms with Crippen molar-refractivity contribution in [3.8, 4) is 0 Å². The van der Waals surface area contributed by atoms with Gasteiger partial charge in [0.25, 0.3) is 0 Å². The summed E-state index contributed by atoms with van der Waals surface area (Å²) >= 11 is 0. The van der Waals surface area contributed by atoms with E-state index in [1.165, 1.54) is 7.11 Å². The summed E-state index contributed by atoms with van der Waals surface area (Å²) < 4.78 is 39.6. The summed E-state index contributed by atoms with van der Waals surface area (Å²) in [5, 5.41) is 2.48. The summed E-state index contributed by atoms with van der Waals surface area (Å²) in [5.74, 6) is -0.533. The number of methoxy groups -OCH3 is 1. The zero-order valence-electron chi connectivity index (χ0n) is 8.15. The molecule has 0 aromatic rings. The number of hydrogen-bond donors (Lipinski definition) is 1. The van der Waals surface area contributed by atoms with Gasteiger partial charge in [-0.15, -0.1) is 0 Å². The normalized spacial score (nSPS) is 13.8. The van der Waals surface area contributed by atoms with Crippen LogP contribution in [0.2, 0.25) is 0 Å². The van der Waals surface area contributed by atoms with E-state index in [0.29, 0.717) is 6.42 Å². The molecule has 0 aliphatic carbocycles. The predicted molar refractivity (Wildman–Crippen MR) is 44.8 cm³/mol. The van der Waals surface area contributed by atoms with Gasteiger partial charge in [-0.3, -0.25) is 4.79 Å². The Morgan fingerprint density at radius 3 is 2.43 bits per heavy atom. The third-order valence-corrected chi connectivity index (χ3v) is 1.69. The number of ether oxygens (including phenoxy) is 1. The standard InChI is InChI=1S/C8H14F3NO2/c1-3-6(7(13)14-2)12-5-4-8(9,10)11/h6,12H,3-5H2,1-2H3/t6-/m1/s1. The Kier molecular flexibility index (Phi) is 5.52. The van der Waals surface area contributed by atoms with Crippen molar-refractivity contribution >= 4 is 5.97 Å². The fraction of sp³-hybridized carbons (Fsp3) is 0.875. The van der Waals surface area contributed by atoms with Gasteiger partial charge in [0, 0.05) is 6.54 Å². The Balaban J connectivity index is 3.80. The number of carbonyl (C=O) groups excluding carboxylic acids is 1. The second kappa shape index (κ2) is 5.85. The van der Waals surface area contributed by atoms with Gasteiger partial charge >= 0.3 is 12.1 Å². The van der Waals surface area contributed by atoms with E-state index in [4.69, 9.17) is 0 Å². The molecule has 0 saturated carbocycles. The molecule has 0 spiro atoms. The number of carbonyl (C=O) groups is 1. The monoisotopic (exact) mass is 213 g/mol. The van der Waals surface area contributed by atoms with E-state index < -0.39 is 24.6 Å². The van der Waals surface area contributed by atoms with Crippen molar-refractivity contribution in [3.63, 3.8) is 0 Å². The summed E-state index contributed by atoms with van der Waals surface area (Å²) in [5.41, 5.74) is 0. The first-order valence-corrected chi connectivity index (χ1v) is 4.28. The van der Waals surface area contributed by atoms with E-state index >= 15 is 0 Å². The maximum atomic E-state index is 11.7. The first-order valence-electron chi connectivity index (χ1n) is 4.28. The molecule has 0 amide bonds. The van der Waals surface area contributed by atoms with E-state index in [0.717, 1.165) is 0 Å². The van der Waals surface area contributed by atoms with Gasteiger partial charge in [0.05, 0.1) is 13.5 Å². The van der Waals surface area contributed by atoms with Crippen LogP contribution in [0.3, 0.4) is 0 Å². The van der Waals surface area contributed by atoms with Crippen LogP contribution < -0.4 is 5.32 Å². The van der Waals surface area contributed by atoms with Crippen LogP contribution in [-0.4, -0.2) is 31.8 Å². The highest BCUT2D eigenvalue weighted by Gasteiger charge is 2.27. The summed E-state index contributed by atoms with van der Waals surface area (Å²) in [7, 11) is 1.20. The van der Waals surface area contributed by atoms with Gasteiger partial charge in [0.2, 0.25) is 0 Å². The van der Waals surface area contributed by atoms with Crippen molar-refractivity contribution < 1.29 is 22.7 Å². The second-order valence-electron chi connectivity index (χ2n) is 2.80. The van der Waals surface area contributed by atoms with Crippen molar-refractivity contribution in [3.05, 3.63) is 0 Å². The van der Waals surface area contributed by atoms with Gasteiger partial charge in [0.15, 0.2) is 0 Å². The van der Waals surface area contributed by atoms with Gasteiger partial charge in [-0.2, -0.15) is 13.2 Å². The molecule has 1 N–H and O–H groups in total. The molecule has 0 aliphatic rings. The summed E-state index contributed by atoms with van der Waals surface area (Å²) in [6, 6.07) is -0.651. The van der Waals surface area contributed by atoms with E-state index in [-0.39, 0.29) is 6.54 Å². The number of hydrogen-bond acceptors (Lipinski definition) is 3. The molecule has 3 nitrogen and oxygen atoms in total. The van der Waals surface area contributed by atoms with Gasteiger partial charge in [-0.25, -0.2) is 0 Å². The van der Waals surface area contributed by atoms with Crippen LogP contribution in [0.15, 0.2) is 0 Å². The molecule has 0 aliphatic heterocycles. The van der Waals surface area contributed by atoms with Crippen LogP contribution >= 0.6 is 0 Å². The van der Waals surface area contributed by atoms with E-state index in [2.05, 4.69) is 10.1 Å². The van der Waals surface area contributed by atoms with Crippen molar-refractivity contribution in [1.29, 1.82) is 0 Å². The highest BCUT2D eigenvalue weighted by atomic mass is 19.4. The average molecular weight is 213 g/mol. The third kappa shape index (κ3) is 5.80. The van der Waals surface area contributed by atoms with Crippen LogP contribution in [0.25, 0.3) is 0 Å². The molecule has 0 rings (SSSR count). The molecular weight excluding hydrogens is 199 g/mol. The molecule has 0 bridgehead atoms. The number of halogens is 3. The fourth-order valence-electron chi connectivity index (χ4n) is 0.925. The molecular formula is C8H14F3NO2. The lowest BCUT2D eigenvalue weighted by atomic mass is 10.2. The topological polar surface area (TPSA) is 38.3 Å². The number of nitrogens with one attached hydrogen (secondary N) is 1. The summed E-state index contributed by atoms with van der Waals surface area (Å²) in [6.07, 6.45) is -4.73.